The number of carbonyl (C=O) groups is 2. The van der Waals surface area contributed by atoms with Crippen LogP contribution in [0.4, 0.5) is 0 Å². The molecule has 1 saturated carbocycles. The number of rotatable bonds is 7. The summed E-state index contributed by atoms with van der Waals surface area (Å²) in [6, 6.07) is 14.9. The summed E-state index contributed by atoms with van der Waals surface area (Å²) in [6.45, 7) is 2.11. The van der Waals surface area contributed by atoms with E-state index < -0.39 is 0 Å². The summed E-state index contributed by atoms with van der Waals surface area (Å²) in [5.41, 5.74) is 1.75. The van der Waals surface area contributed by atoms with Gasteiger partial charge in [0.15, 0.2) is 0 Å². The Morgan fingerprint density at radius 1 is 0.967 bits per heavy atom. The molecule has 2 aromatic carbocycles. The fourth-order valence-corrected chi connectivity index (χ4v) is 3.86. The minimum Gasteiger partial charge on any atom is -0.490 e. The molecule has 2 aromatic rings. The van der Waals surface area contributed by atoms with Crippen LogP contribution < -0.4 is 10.1 Å². The summed E-state index contributed by atoms with van der Waals surface area (Å²) in [7, 11) is 0. The molecule has 2 fully saturated rings. The number of ether oxygens (including phenoxy) is 1. The summed E-state index contributed by atoms with van der Waals surface area (Å²) in [6.07, 6.45) is 4.68. The maximum absolute atomic E-state index is 12.3. The highest BCUT2D eigenvalue weighted by atomic mass is 35.5. The first-order chi connectivity index (χ1) is 14.6. The van der Waals surface area contributed by atoms with Gasteiger partial charge in [0, 0.05) is 49.0 Å². The molecule has 1 aliphatic carbocycles. The fraction of sp³-hybridized carbons (Fsp3) is 0.417. The number of amides is 2. The van der Waals surface area contributed by atoms with Crippen molar-refractivity contribution in [1.29, 1.82) is 0 Å². The Morgan fingerprint density at radius 3 is 2.27 bits per heavy atom. The van der Waals surface area contributed by atoms with Gasteiger partial charge in [-0.25, -0.2) is 0 Å². The molecule has 0 spiro atoms. The quantitative estimate of drug-likeness (QED) is 0.725. The molecule has 1 heterocycles. The number of carbonyl (C=O) groups excluding carboxylic acids is 2. The molecule has 5 nitrogen and oxygen atoms in total. The summed E-state index contributed by atoms with van der Waals surface area (Å²) in [4.78, 5) is 26.5. The maximum Gasteiger partial charge on any atom is 0.251 e. The molecule has 2 amide bonds. The molecular weight excluding hydrogens is 400 g/mol. The van der Waals surface area contributed by atoms with Gasteiger partial charge in [-0.2, -0.15) is 0 Å². The zero-order chi connectivity index (χ0) is 20.9. The summed E-state index contributed by atoms with van der Waals surface area (Å²) >= 11 is 5.89. The van der Waals surface area contributed by atoms with Crippen LogP contribution in [0, 0.1) is 5.92 Å². The molecule has 2 aliphatic rings. The van der Waals surface area contributed by atoms with Crippen molar-refractivity contribution in [2.45, 2.75) is 38.2 Å². The van der Waals surface area contributed by atoms with E-state index in [2.05, 4.69) is 5.32 Å². The van der Waals surface area contributed by atoms with Gasteiger partial charge in [-0.05, 0) is 61.2 Å². The van der Waals surface area contributed by atoms with E-state index in [-0.39, 0.29) is 17.9 Å². The van der Waals surface area contributed by atoms with Crippen molar-refractivity contribution in [3.63, 3.8) is 0 Å². The third-order valence-corrected chi connectivity index (χ3v) is 5.96. The Kier molecular flexibility index (Phi) is 6.58. The second-order valence-corrected chi connectivity index (χ2v) is 8.51. The van der Waals surface area contributed by atoms with E-state index in [0.29, 0.717) is 23.0 Å². The molecule has 1 N–H and O–H groups in total. The minimum atomic E-state index is -0.0950. The van der Waals surface area contributed by atoms with Gasteiger partial charge in [0.2, 0.25) is 5.91 Å². The molecule has 0 aromatic heterocycles. The van der Waals surface area contributed by atoms with Crippen molar-refractivity contribution in [1.82, 2.24) is 10.2 Å². The first kappa shape index (κ1) is 20.7. The molecular formula is C24H27ClN2O3. The Bertz CT molecular complexity index is 870. The molecule has 1 saturated heterocycles. The van der Waals surface area contributed by atoms with E-state index in [1.54, 1.807) is 12.1 Å². The predicted molar refractivity (Wildman–Crippen MR) is 117 cm³/mol. The lowest BCUT2D eigenvalue weighted by molar-refractivity contribution is -0.134. The second kappa shape index (κ2) is 9.52. The molecule has 0 atom stereocenters. The summed E-state index contributed by atoms with van der Waals surface area (Å²) in [5, 5.41) is 3.65. The van der Waals surface area contributed by atoms with Gasteiger partial charge >= 0.3 is 0 Å². The average molecular weight is 427 g/mol. The van der Waals surface area contributed by atoms with Crippen molar-refractivity contribution < 1.29 is 14.3 Å². The molecule has 30 heavy (non-hydrogen) atoms. The van der Waals surface area contributed by atoms with Gasteiger partial charge in [0.25, 0.3) is 5.91 Å². The van der Waals surface area contributed by atoms with Crippen LogP contribution in [0.2, 0.25) is 5.02 Å². The van der Waals surface area contributed by atoms with Crippen molar-refractivity contribution in [2.75, 3.05) is 19.6 Å². The Hall–Kier alpha value is -2.53. The van der Waals surface area contributed by atoms with Gasteiger partial charge in [0.1, 0.15) is 11.9 Å². The molecule has 0 bridgehead atoms. The minimum absolute atomic E-state index is 0.0950. The van der Waals surface area contributed by atoms with Crippen LogP contribution in [0.25, 0.3) is 0 Å². The largest absolute Gasteiger partial charge is 0.490 e. The van der Waals surface area contributed by atoms with Crippen LogP contribution in [-0.2, 0) is 11.2 Å². The molecule has 4 rings (SSSR count). The number of likely N-dealkylation sites (tertiary alicyclic amines) is 1. The SMILES string of the molecule is O=C(NCCc1ccc(Cl)cc1)c1ccc(OC2CCN(C(=O)C3CC3)CC2)cc1. The van der Waals surface area contributed by atoms with Crippen LogP contribution in [0.3, 0.4) is 0 Å². The topological polar surface area (TPSA) is 58.6 Å². The number of halogens is 1. The van der Waals surface area contributed by atoms with Crippen LogP contribution in [-0.4, -0.2) is 42.5 Å². The van der Waals surface area contributed by atoms with Gasteiger partial charge in [-0.3, -0.25) is 9.59 Å². The van der Waals surface area contributed by atoms with Crippen molar-refractivity contribution >= 4 is 23.4 Å². The highest BCUT2D eigenvalue weighted by Gasteiger charge is 2.35. The number of hydrogen-bond donors (Lipinski definition) is 1. The number of piperidine rings is 1. The number of benzene rings is 2. The molecule has 0 radical (unpaired) electrons. The summed E-state index contributed by atoms with van der Waals surface area (Å²) < 4.78 is 6.06. The Labute approximate surface area is 182 Å². The fourth-order valence-electron chi connectivity index (χ4n) is 3.73. The average Bonchev–Trinajstić information content (AvgIpc) is 3.61. The van der Waals surface area contributed by atoms with Crippen molar-refractivity contribution in [3.05, 3.63) is 64.7 Å². The van der Waals surface area contributed by atoms with E-state index in [0.717, 1.165) is 56.5 Å². The van der Waals surface area contributed by atoms with Crippen LogP contribution in [0.5, 0.6) is 5.75 Å². The lowest BCUT2D eigenvalue weighted by Gasteiger charge is -2.32. The number of nitrogens with one attached hydrogen (secondary N) is 1. The number of hydrogen-bond acceptors (Lipinski definition) is 3. The van der Waals surface area contributed by atoms with E-state index in [1.165, 1.54) is 0 Å². The molecule has 0 unspecified atom stereocenters. The normalized spacial score (nSPS) is 16.9. The van der Waals surface area contributed by atoms with Gasteiger partial charge in [0.05, 0.1) is 0 Å². The third-order valence-electron chi connectivity index (χ3n) is 5.71. The van der Waals surface area contributed by atoms with E-state index >= 15 is 0 Å². The first-order valence-electron chi connectivity index (χ1n) is 10.7. The van der Waals surface area contributed by atoms with Crippen LogP contribution in [0.15, 0.2) is 48.5 Å². The van der Waals surface area contributed by atoms with E-state index in [4.69, 9.17) is 16.3 Å². The van der Waals surface area contributed by atoms with Gasteiger partial charge < -0.3 is 15.0 Å². The highest BCUT2D eigenvalue weighted by Crippen LogP contribution is 2.32. The molecule has 1 aliphatic heterocycles. The van der Waals surface area contributed by atoms with Crippen molar-refractivity contribution in [3.8, 4) is 5.75 Å². The third kappa shape index (κ3) is 5.54. The van der Waals surface area contributed by atoms with E-state index in [1.807, 2.05) is 41.3 Å². The van der Waals surface area contributed by atoms with Gasteiger partial charge in [-0.1, -0.05) is 23.7 Å². The van der Waals surface area contributed by atoms with E-state index in [9.17, 15) is 9.59 Å². The van der Waals surface area contributed by atoms with Crippen LogP contribution in [0.1, 0.15) is 41.6 Å². The Morgan fingerprint density at radius 2 is 1.63 bits per heavy atom. The Balaban J connectivity index is 1.20. The zero-order valence-electron chi connectivity index (χ0n) is 17.0. The first-order valence-corrected chi connectivity index (χ1v) is 11.0. The van der Waals surface area contributed by atoms with Gasteiger partial charge in [-0.15, -0.1) is 0 Å². The van der Waals surface area contributed by atoms with Crippen LogP contribution >= 0.6 is 11.6 Å². The van der Waals surface area contributed by atoms with Crippen molar-refractivity contribution in [2.24, 2.45) is 5.92 Å². The predicted octanol–water partition coefficient (Wildman–Crippen LogP) is 4.09. The summed E-state index contributed by atoms with van der Waals surface area (Å²) in [5.74, 6) is 1.27. The highest BCUT2D eigenvalue weighted by molar-refractivity contribution is 6.30. The standard InChI is InChI=1S/C24H27ClN2O3/c25-20-7-1-17(2-8-20)11-14-26-23(28)18-5-9-21(10-6-18)30-22-12-15-27(16-13-22)24(29)19-3-4-19/h1-2,5-10,19,22H,3-4,11-16H2,(H,26,28). The zero-order valence-corrected chi connectivity index (χ0v) is 17.7. The maximum atomic E-state index is 12.3. The molecule has 6 heteroatoms. The second-order valence-electron chi connectivity index (χ2n) is 8.07. The lowest BCUT2D eigenvalue weighted by Crippen LogP contribution is -2.42. The smallest absolute Gasteiger partial charge is 0.251 e. The number of nitrogens with zero attached hydrogens (tertiary/aromatic N) is 1. The monoisotopic (exact) mass is 426 g/mol. The molecule has 158 valence electrons. The lowest BCUT2D eigenvalue weighted by atomic mass is 10.1.